The van der Waals surface area contributed by atoms with Crippen molar-refractivity contribution in [1.29, 1.82) is 0 Å². The molecule has 0 radical (unpaired) electrons. The molecule has 1 amide bonds. The number of rotatable bonds is 4. The van der Waals surface area contributed by atoms with Crippen molar-refractivity contribution >= 4 is 54.0 Å². The summed E-state index contributed by atoms with van der Waals surface area (Å²) in [5.74, 6) is 0.0489. The molecule has 29 heavy (non-hydrogen) atoms. The summed E-state index contributed by atoms with van der Waals surface area (Å²) in [6, 6.07) is 12.2. The van der Waals surface area contributed by atoms with Crippen molar-refractivity contribution < 1.29 is 13.2 Å². The molecule has 2 heterocycles. The number of amides is 1. The van der Waals surface area contributed by atoms with Crippen LogP contribution in [0.3, 0.4) is 0 Å². The van der Waals surface area contributed by atoms with E-state index < -0.39 is 9.84 Å². The number of benzene rings is 2. The van der Waals surface area contributed by atoms with Crippen LogP contribution in [0.4, 0.5) is 5.13 Å². The van der Waals surface area contributed by atoms with E-state index in [0.29, 0.717) is 18.1 Å². The van der Waals surface area contributed by atoms with Gasteiger partial charge < -0.3 is 9.80 Å². The fourth-order valence-corrected chi connectivity index (χ4v) is 5.23. The first-order valence-electron chi connectivity index (χ1n) is 9.17. The number of aromatic nitrogens is 1. The highest BCUT2D eigenvalue weighted by Gasteiger charge is 2.23. The van der Waals surface area contributed by atoms with Gasteiger partial charge in [0.15, 0.2) is 15.0 Å². The van der Waals surface area contributed by atoms with Gasteiger partial charge >= 0.3 is 0 Å². The molecule has 1 aromatic heterocycles. The number of thiazole rings is 1. The van der Waals surface area contributed by atoms with E-state index in [1.165, 1.54) is 6.26 Å². The summed E-state index contributed by atoms with van der Waals surface area (Å²) in [4.78, 5) is 21.6. The molecular formula is C20H20ClN3O3S2. The number of hydrogen-bond acceptors (Lipinski definition) is 6. The SMILES string of the molecule is CS(=O)(=O)c1ccc(CC(=O)N2CCN(c3nc4ccc(Cl)cc4s3)CC2)cc1. The lowest BCUT2D eigenvalue weighted by atomic mass is 10.1. The fourth-order valence-electron chi connectivity index (χ4n) is 3.31. The largest absolute Gasteiger partial charge is 0.345 e. The number of hydrogen-bond donors (Lipinski definition) is 0. The van der Waals surface area contributed by atoms with Gasteiger partial charge in [0, 0.05) is 37.5 Å². The number of sulfone groups is 1. The molecule has 2 aromatic carbocycles. The third-order valence-electron chi connectivity index (χ3n) is 4.95. The van der Waals surface area contributed by atoms with Crippen LogP contribution in [0.15, 0.2) is 47.4 Å². The Morgan fingerprint density at radius 2 is 1.79 bits per heavy atom. The minimum Gasteiger partial charge on any atom is -0.345 e. The van der Waals surface area contributed by atoms with E-state index in [4.69, 9.17) is 11.6 Å². The molecule has 0 N–H and O–H groups in total. The van der Waals surface area contributed by atoms with Crippen molar-refractivity contribution in [3.8, 4) is 0 Å². The molecule has 1 saturated heterocycles. The average Bonchev–Trinajstić information content (AvgIpc) is 3.11. The molecule has 0 spiro atoms. The maximum atomic E-state index is 12.6. The summed E-state index contributed by atoms with van der Waals surface area (Å²) in [6.45, 7) is 2.73. The number of carbonyl (C=O) groups is 1. The van der Waals surface area contributed by atoms with Crippen LogP contribution >= 0.6 is 22.9 Å². The summed E-state index contributed by atoms with van der Waals surface area (Å²) in [5, 5.41) is 1.65. The minimum atomic E-state index is -3.23. The van der Waals surface area contributed by atoms with Crippen molar-refractivity contribution in [2.75, 3.05) is 37.3 Å². The van der Waals surface area contributed by atoms with Crippen molar-refractivity contribution in [3.63, 3.8) is 0 Å². The number of piperazine rings is 1. The predicted octanol–water partition coefficient (Wildman–Crippen LogP) is 3.24. The van der Waals surface area contributed by atoms with Crippen LogP contribution in [0.5, 0.6) is 0 Å². The minimum absolute atomic E-state index is 0.0489. The van der Waals surface area contributed by atoms with Crippen LogP contribution in [-0.4, -0.2) is 56.6 Å². The Morgan fingerprint density at radius 1 is 1.10 bits per heavy atom. The second-order valence-corrected chi connectivity index (χ2v) is 10.5. The van der Waals surface area contributed by atoms with E-state index in [9.17, 15) is 13.2 Å². The molecule has 0 aliphatic carbocycles. The first-order chi connectivity index (χ1) is 13.8. The zero-order valence-electron chi connectivity index (χ0n) is 15.8. The van der Waals surface area contributed by atoms with E-state index >= 15 is 0 Å². The zero-order valence-corrected chi connectivity index (χ0v) is 18.2. The van der Waals surface area contributed by atoms with Gasteiger partial charge in [-0.05, 0) is 35.9 Å². The quantitative estimate of drug-likeness (QED) is 0.611. The molecule has 6 nitrogen and oxygen atoms in total. The third-order valence-corrected chi connectivity index (χ3v) is 7.39. The van der Waals surface area contributed by atoms with Gasteiger partial charge in [0.2, 0.25) is 5.91 Å². The summed E-state index contributed by atoms with van der Waals surface area (Å²) in [6.07, 6.45) is 1.44. The summed E-state index contributed by atoms with van der Waals surface area (Å²) >= 11 is 7.67. The van der Waals surface area contributed by atoms with Gasteiger partial charge in [-0.3, -0.25) is 4.79 Å². The van der Waals surface area contributed by atoms with Crippen molar-refractivity contribution in [1.82, 2.24) is 9.88 Å². The van der Waals surface area contributed by atoms with Crippen LogP contribution in [-0.2, 0) is 21.1 Å². The molecule has 9 heteroatoms. The number of anilines is 1. The first-order valence-corrected chi connectivity index (χ1v) is 12.3. The van der Waals surface area contributed by atoms with Gasteiger partial charge in [-0.15, -0.1) is 0 Å². The molecule has 3 aromatic rings. The van der Waals surface area contributed by atoms with Gasteiger partial charge in [-0.1, -0.05) is 35.1 Å². The Hall–Kier alpha value is -2.16. The lowest BCUT2D eigenvalue weighted by Crippen LogP contribution is -2.49. The second kappa shape index (κ2) is 7.93. The average molecular weight is 450 g/mol. The Morgan fingerprint density at radius 3 is 2.45 bits per heavy atom. The van der Waals surface area contributed by atoms with Crippen LogP contribution in [0.1, 0.15) is 5.56 Å². The maximum absolute atomic E-state index is 12.6. The van der Waals surface area contributed by atoms with E-state index in [0.717, 1.165) is 34.0 Å². The van der Waals surface area contributed by atoms with Crippen LogP contribution in [0.25, 0.3) is 10.2 Å². The highest BCUT2D eigenvalue weighted by atomic mass is 35.5. The van der Waals surface area contributed by atoms with Crippen LogP contribution < -0.4 is 4.90 Å². The Labute approximate surface area is 178 Å². The van der Waals surface area contributed by atoms with E-state index in [1.54, 1.807) is 35.6 Å². The summed E-state index contributed by atoms with van der Waals surface area (Å²) < 4.78 is 24.1. The van der Waals surface area contributed by atoms with Gasteiger partial charge in [-0.25, -0.2) is 13.4 Å². The standard InChI is InChI=1S/C20H20ClN3O3S2/c1-29(26,27)16-5-2-14(3-6-16)12-19(25)23-8-10-24(11-9-23)20-22-17-7-4-15(21)13-18(17)28-20/h2-7,13H,8-12H2,1H3. The van der Waals surface area contributed by atoms with Crippen molar-refractivity contribution in [3.05, 3.63) is 53.1 Å². The molecule has 0 atom stereocenters. The molecule has 4 rings (SSSR count). The fraction of sp³-hybridized carbons (Fsp3) is 0.300. The topological polar surface area (TPSA) is 70.6 Å². The molecule has 1 aliphatic rings. The molecule has 0 unspecified atom stereocenters. The lowest BCUT2D eigenvalue weighted by Gasteiger charge is -2.34. The number of halogens is 1. The van der Waals surface area contributed by atoms with Crippen LogP contribution in [0.2, 0.25) is 5.02 Å². The predicted molar refractivity (Wildman–Crippen MR) is 117 cm³/mol. The van der Waals surface area contributed by atoms with Gasteiger partial charge in [0.25, 0.3) is 0 Å². The Kier molecular flexibility index (Phi) is 5.50. The van der Waals surface area contributed by atoms with Crippen molar-refractivity contribution in [2.24, 2.45) is 0 Å². The van der Waals surface area contributed by atoms with E-state index in [1.807, 2.05) is 23.1 Å². The van der Waals surface area contributed by atoms with Gasteiger partial charge in [0.1, 0.15) is 0 Å². The smallest absolute Gasteiger partial charge is 0.227 e. The third kappa shape index (κ3) is 4.55. The second-order valence-electron chi connectivity index (χ2n) is 7.07. The Bertz CT molecular complexity index is 1150. The summed E-state index contributed by atoms with van der Waals surface area (Å²) in [7, 11) is -3.23. The Balaban J connectivity index is 1.36. The monoisotopic (exact) mass is 449 g/mol. The van der Waals surface area contributed by atoms with Gasteiger partial charge in [-0.2, -0.15) is 0 Å². The molecule has 0 saturated carbocycles. The highest BCUT2D eigenvalue weighted by Crippen LogP contribution is 2.31. The van der Waals surface area contributed by atoms with E-state index in [-0.39, 0.29) is 17.2 Å². The maximum Gasteiger partial charge on any atom is 0.227 e. The zero-order chi connectivity index (χ0) is 20.6. The van der Waals surface area contributed by atoms with Crippen molar-refractivity contribution in [2.45, 2.75) is 11.3 Å². The normalized spacial score (nSPS) is 15.1. The molecule has 152 valence electrons. The number of fused-ring (bicyclic) bond motifs is 1. The lowest BCUT2D eigenvalue weighted by molar-refractivity contribution is -0.130. The highest BCUT2D eigenvalue weighted by molar-refractivity contribution is 7.90. The van der Waals surface area contributed by atoms with E-state index in [2.05, 4.69) is 9.88 Å². The molecule has 1 aliphatic heterocycles. The number of carbonyl (C=O) groups excluding carboxylic acids is 1. The number of nitrogens with zero attached hydrogens (tertiary/aromatic N) is 3. The molecular weight excluding hydrogens is 430 g/mol. The van der Waals surface area contributed by atoms with Crippen LogP contribution in [0, 0.1) is 0 Å². The molecule has 0 bridgehead atoms. The first kappa shape index (κ1) is 20.1. The molecule has 1 fully saturated rings. The van der Waals surface area contributed by atoms with Gasteiger partial charge in [0.05, 0.1) is 21.5 Å². The summed E-state index contributed by atoms with van der Waals surface area (Å²) in [5.41, 5.74) is 1.75.